The minimum absolute atomic E-state index is 0.0117. The van der Waals surface area contributed by atoms with Gasteiger partial charge in [-0.1, -0.05) is 103 Å². The maximum absolute atomic E-state index is 12.0. The lowest BCUT2D eigenvalue weighted by Crippen LogP contribution is -2.49. The van der Waals surface area contributed by atoms with E-state index in [0.29, 0.717) is 13.1 Å². The molecule has 47 heavy (non-hydrogen) atoms. The molecule has 2 aliphatic heterocycles. The molecule has 2 fully saturated rings. The number of hydrogen-bond acceptors (Lipinski definition) is 6. The van der Waals surface area contributed by atoms with Gasteiger partial charge >= 0.3 is 6.03 Å². The molecule has 2 heterocycles. The Balaban J connectivity index is 1.14. The highest BCUT2D eigenvalue weighted by Crippen LogP contribution is 2.39. The van der Waals surface area contributed by atoms with Gasteiger partial charge in [0, 0.05) is 64.3 Å². The largest absolute Gasteiger partial charge is 0.392 e. The van der Waals surface area contributed by atoms with Crippen LogP contribution in [-0.4, -0.2) is 66.3 Å². The highest BCUT2D eigenvalue weighted by Gasteiger charge is 2.34. The number of aliphatic hydroxyl groups excluding tert-OH is 1. The van der Waals surface area contributed by atoms with E-state index in [1.807, 2.05) is 37.3 Å². The first-order chi connectivity index (χ1) is 23.1. The molecule has 3 N–H and O–H groups in total. The Morgan fingerprint density at radius 3 is 2.17 bits per heavy atom. The molecular formula is C39H46N4O4. The summed E-state index contributed by atoms with van der Waals surface area (Å²) in [6, 6.07) is 35.1. The highest BCUT2D eigenvalue weighted by atomic mass is 16.7. The quantitative estimate of drug-likeness (QED) is 0.187. The van der Waals surface area contributed by atoms with Crippen molar-refractivity contribution in [2.75, 3.05) is 39.3 Å². The first kappa shape index (κ1) is 32.9. The number of nitrogens with zero attached hydrogens (tertiary/aromatic N) is 2. The number of urea groups is 1. The second kappa shape index (κ2) is 16.2. The van der Waals surface area contributed by atoms with Crippen LogP contribution in [0.4, 0.5) is 4.79 Å². The number of benzene rings is 4. The third-order valence-corrected chi connectivity index (χ3v) is 9.08. The normalized spacial score (nSPS) is 20.5. The van der Waals surface area contributed by atoms with Crippen LogP contribution in [0.2, 0.25) is 0 Å². The van der Waals surface area contributed by atoms with E-state index in [4.69, 9.17) is 9.47 Å². The topological polar surface area (TPSA) is 86.3 Å². The minimum Gasteiger partial charge on any atom is -0.392 e. The van der Waals surface area contributed by atoms with Crippen molar-refractivity contribution in [2.45, 2.75) is 51.5 Å². The highest BCUT2D eigenvalue weighted by molar-refractivity contribution is 5.74. The monoisotopic (exact) mass is 634 g/mol. The SMILES string of the molecule is CCNC(=O)NCc1ccccc1-c1ccc([C@@H]2O[C@H](CN3CCN(Cc4ccccc4)CC3)C[C@H](c3ccc(CO)cc3)O2)cc1. The van der Waals surface area contributed by atoms with Gasteiger partial charge in [0.15, 0.2) is 6.29 Å². The lowest BCUT2D eigenvalue weighted by atomic mass is 9.97. The maximum atomic E-state index is 12.0. The molecule has 0 saturated carbocycles. The summed E-state index contributed by atoms with van der Waals surface area (Å²) in [6.45, 7) is 8.89. The number of aliphatic hydroxyl groups is 1. The van der Waals surface area contributed by atoms with Crippen molar-refractivity contribution in [3.05, 3.63) is 131 Å². The van der Waals surface area contributed by atoms with Crippen LogP contribution in [0.3, 0.4) is 0 Å². The Morgan fingerprint density at radius 2 is 1.45 bits per heavy atom. The van der Waals surface area contributed by atoms with E-state index in [1.165, 1.54) is 5.56 Å². The summed E-state index contributed by atoms with van der Waals surface area (Å²) in [5.41, 5.74) is 7.51. The zero-order chi connectivity index (χ0) is 32.4. The summed E-state index contributed by atoms with van der Waals surface area (Å²) < 4.78 is 13.3. The Kier molecular flexibility index (Phi) is 11.3. The molecule has 246 valence electrons. The molecule has 8 nitrogen and oxygen atoms in total. The van der Waals surface area contributed by atoms with Crippen molar-refractivity contribution in [1.82, 2.24) is 20.4 Å². The number of ether oxygens (including phenoxy) is 2. The average molecular weight is 635 g/mol. The van der Waals surface area contributed by atoms with Crippen LogP contribution in [0.5, 0.6) is 0 Å². The van der Waals surface area contributed by atoms with Gasteiger partial charge in [-0.15, -0.1) is 0 Å². The molecule has 2 aliphatic rings. The lowest BCUT2D eigenvalue weighted by molar-refractivity contribution is -0.253. The third kappa shape index (κ3) is 8.86. The summed E-state index contributed by atoms with van der Waals surface area (Å²) in [6.07, 6.45) is 0.159. The van der Waals surface area contributed by atoms with E-state index in [2.05, 4.69) is 93.2 Å². The standard InChI is InChI=1S/C39H46N4O4/c1-2-40-39(45)41-25-34-10-6-7-11-36(34)31-16-18-33(19-17-31)38-46-35(24-37(47-38)32-14-12-30(28-44)13-15-32)27-43-22-20-42(21-23-43)26-29-8-4-3-5-9-29/h3-19,35,37-38,44H,2,20-28H2,1H3,(H2,40,41,45)/t35-,37+,38+/m0/s1. The molecule has 2 amide bonds. The van der Waals surface area contributed by atoms with Crippen LogP contribution in [0.1, 0.15) is 53.6 Å². The molecule has 0 unspecified atom stereocenters. The fraction of sp³-hybridized carbons (Fsp3) is 0.359. The fourth-order valence-corrected chi connectivity index (χ4v) is 6.47. The fourth-order valence-electron chi connectivity index (χ4n) is 6.47. The molecule has 0 spiro atoms. The van der Waals surface area contributed by atoms with Gasteiger partial charge in [-0.3, -0.25) is 9.80 Å². The summed E-state index contributed by atoms with van der Waals surface area (Å²) in [5, 5.41) is 15.3. The van der Waals surface area contributed by atoms with Crippen LogP contribution in [0.25, 0.3) is 11.1 Å². The zero-order valence-corrected chi connectivity index (χ0v) is 27.2. The molecule has 0 aliphatic carbocycles. The predicted molar refractivity (Wildman–Crippen MR) is 184 cm³/mol. The van der Waals surface area contributed by atoms with Gasteiger partial charge in [0.1, 0.15) is 0 Å². The van der Waals surface area contributed by atoms with Crippen molar-refractivity contribution in [2.24, 2.45) is 0 Å². The van der Waals surface area contributed by atoms with Crippen molar-refractivity contribution in [3.63, 3.8) is 0 Å². The van der Waals surface area contributed by atoms with Crippen LogP contribution in [0.15, 0.2) is 103 Å². The maximum Gasteiger partial charge on any atom is 0.315 e. The molecule has 8 heteroatoms. The van der Waals surface area contributed by atoms with Crippen LogP contribution in [-0.2, 0) is 29.2 Å². The van der Waals surface area contributed by atoms with Gasteiger partial charge in [-0.05, 0) is 40.3 Å². The van der Waals surface area contributed by atoms with Crippen LogP contribution < -0.4 is 10.6 Å². The van der Waals surface area contributed by atoms with Gasteiger partial charge in [0.25, 0.3) is 0 Å². The summed E-state index contributed by atoms with van der Waals surface area (Å²) >= 11 is 0. The van der Waals surface area contributed by atoms with Crippen LogP contribution >= 0.6 is 0 Å². The number of carbonyl (C=O) groups is 1. The Labute approximate surface area is 278 Å². The molecule has 6 rings (SSSR count). The summed E-state index contributed by atoms with van der Waals surface area (Å²) in [4.78, 5) is 17.1. The third-order valence-electron chi connectivity index (χ3n) is 9.08. The minimum atomic E-state index is -0.501. The number of nitrogens with one attached hydrogen (secondary N) is 2. The van der Waals surface area contributed by atoms with Crippen LogP contribution in [0, 0.1) is 0 Å². The van der Waals surface area contributed by atoms with Gasteiger partial charge < -0.3 is 25.2 Å². The first-order valence-corrected chi connectivity index (χ1v) is 16.8. The van der Waals surface area contributed by atoms with Crippen molar-refractivity contribution in [1.29, 1.82) is 0 Å². The van der Waals surface area contributed by atoms with Crippen molar-refractivity contribution >= 4 is 6.03 Å². The smallest absolute Gasteiger partial charge is 0.315 e. The lowest BCUT2D eigenvalue weighted by Gasteiger charge is -2.40. The molecule has 0 aromatic heterocycles. The second-order valence-electron chi connectivity index (χ2n) is 12.4. The zero-order valence-electron chi connectivity index (χ0n) is 27.2. The second-order valence-corrected chi connectivity index (χ2v) is 12.4. The van der Waals surface area contributed by atoms with E-state index >= 15 is 0 Å². The average Bonchev–Trinajstić information content (AvgIpc) is 3.12. The Bertz CT molecular complexity index is 1560. The predicted octanol–water partition coefficient (Wildman–Crippen LogP) is 6.03. The number of piperazine rings is 1. The van der Waals surface area contributed by atoms with E-state index in [0.717, 1.165) is 79.1 Å². The van der Waals surface area contributed by atoms with E-state index in [1.54, 1.807) is 0 Å². The number of amides is 2. The van der Waals surface area contributed by atoms with E-state index < -0.39 is 6.29 Å². The molecule has 4 aromatic carbocycles. The Morgan fingerprint density at radius 1 is 0.766 bits per heavy atom. The van der Waals surface area contributed by atoms with Gasteiger partial charge in [-0.25, -0.2) is 4.79 Å². The molecule has 0 radical (unpaired) electrons. The number of hydrogen-bond donors (Lipinski definition) is 3. The molecule has 4 aromatic rings. The number of carbonyl (C=O) groups excluding carboxylic acids is 1. The molecule has 0 bridgehead atoms. The molecule has 3 atom stereocenters. The molecule has 2 saturated heterocycles. The Hall–Kier alpha value is -4.05. The summed E-state index contributed by atoms with van der Waals surface area (Å²) in [5.74, 6) is 0. The molecular weight excluding hydrogens is 588 g/mol. The van der Waals surface area contributed by atoms with Gasteiger partial charge in [0.05, 0.1) is 18.8 Å². The van der Waals surface area contributed by atoms with E-state index in [9.17, 15) is 9.90 Å². The van der Waals surface area contributed by atoms with Crippen molar-refractivity contribution < 1.29 is 19.4 Å². The first-order valence-electron chi connectivity index (χ1n) is 16.8. The van der Waals surface area contributed by atoms with E-state index in [-0.39, 0.29) is 24.8 Å². The summed E-state index contributed by atoms with van der Waals surface area (Å²) in [7, 11) is 0. The van der Waals surface area contributed by atoms with Crippen molar-refractivity contribution in [3.8, 4) is 11.1 Å². The van der Waals surface area contributed by atoms with Gasteiger partial charge in [0.2, 0.25) is 0 Å². The van der Waals surface area contributed by atoms with Gasteiger partial charge in [-0.2, -0.15) is 0 Å². The number of rotatable bonds is 11.